The van der Waals surface area contributed by atoms with E-state index < -0.39 is 29.7 Å². The SMILES string of the molecule is CCOC(=O)CNC(=O)C(c1ccc(N(C)C)cc1)N(C(=O)c1snc(C(N)=O)c1N)c1ccc(C)cc1. The third kappa shape index (κ3) is 6.27. The van der Waals surface area contributed by atoms with Gasteiger partial charge < -0.3 is 26.4 Å². The summed E-state index contributed by atoms with van der Waals surface area (Å²) in [6.07, 6.45) is 0. The summed E-state index contributed by atoms with van der Waals surface area (Å²) in [5, 5.41) is 2.57. The van der Waals surface area contributed by atoms with Gasteiger partial charge in [-0.25, -0.2) is 0 Å². The van der Waals surface area contributed by atoms with Gasteiger partial charge in [0.15, 0.2) is 5.69 Å². The summed E-state index contributed by atoms with van der Waals surface area (Å²) in [5.74, 6) is -2.77. The molecule has 0 saturated heterocycles. The highest BCUT2D eigenvalue weighted by molar-refractivity contribution is 7.09. The summed E-state index contributed by atoms with van der Waals surface area (Å²) < 4.78 is 8.87. The number of aromatic nitrogens is 1. The number of primary amides is 1. The zero-order valence-electron chi connectivity index (χ0n) is 21.6. The van der Waals surface area contributed by atoms with Crippen molar-refractivity contribution in [1.29, 1.82) is 0 Å². The third-order valence-electron chi connectivity index (χ3n) is 5.63. The van der Waals surface area contributed by atoms with E-state index in [-0.39, 0.29) is 29.4 Å². The minimum Gasteiger partial charge on any atom is -0.465 e. The molecule has 200 valence electrons. The average molecular weight is 539 g/mol. The summed E-state index contributed by atoms with van der Waals surface area (Å²) in [7, 11) is 3.76. The second-order valence-electron chi connectivity index (χ2n) is 8.56. The molecule has 5 N–H and O–H groups in total. The lowest BCUT2D eigenvalue weighted by molar-refractivity contribution is -0.143. The molecule has 0 saturated carbocycles. The lowest BCUT2D eigenvalue weighted by atomic mass is 10.0. The van der Waals surface area contributed by atoms with Crippen molar-refractivity contribution >= 4 is 52.3 Å². The topological polar surface area (TPSA) is 161 Å². The van der Waals surface area contributed by atoms with E-state index in [1.807, 2.05) is 38.1 Å². The van der Waals surface area contributed by atoms with Gasteiger partial charge in [0.1, 0.15) is 17.5 Å². The molecule has 12 heteroatoms. The van der Waals surface area contributed by atoms with Crippen molar-refractivity contribution in [2.45, 2.75) is 19.9 Å². The largest absolute Gasteiger partial charge is 0.465 e. The quantitative estimate of drug-likeness (QED) is 0.331. The van der Waals surface area contributed by atoms with Crippen molar-refractivity contribution in [3.8, 4) is 0 Å². The Kier molecular flexibility index (Phi) is 9.02. The molecule has 1 atom stereocenters. The van der Waals surface area contributed by atoms with Crippen molar-refractivity contribution in [3.63, 3.8) is 0 Å². The lowest BCUT2D eigenvalue weighted by Gasteiger charge is -2.31. The number of ether oxygens (including phenoxy) is 1. The van der Waals surface area contributed by atoms with E-state index >= 15 is 0 Å². The van der Waals surface area contributed by atoms with Crippen LogP contribution in [0.15, 0.2) is 48.5 Å². The fourth-order valence-electron chi connectivity index (χ4n) is 3.67. The number of amides is 3. The monoisotopic (exact) mass is 538 g/mol. The summed E-state index contributed by atoms with van der Waals surface area (Å²) in [5.41, 5.74) is 13.7. The number of nitrogens with one attached hydrogen (secondary N) is 1. The molecule has 3 aromatic rings. The number of carbonyl (C=O) groups is 4. The Balaban J connectivity index is 2.16. The molecule has 1 heterocycles. The van der Waals surface area contributed by atoms with Gasteiger partial charge in [-0.2, -0.15) is 4.37 Å². The van der Waals surface area contributed by atoms with Crippen LogP contribution >= 0.6 is 11.5 Å². The van der Waals surface area contributed by atoms with Crippen LogP contribution < -0.4 is 26.6 Å². The fourth-order valence-corrected chi connectivity index (χ4v) is 4.41. The van der Waals surface area contributed by atoms with Gasteiger partial charge in [0, 0.05) is 25.5 Å². The van der Waals surface area contributed by atoms with Gasteiger partial charge in [-0.3, -0.25) is 24.1 Å². The Morgan fingerprint density at radius 1 is 1.03 bits per heavy atom. The Morgan fingerprint density at radius 3 is 2.16 bits per heavy atom. The molecule has 3 rings (SSSR count). The number of hydrogen-bond donors (Lipinski definition) is 3. The van der Waals surface area contributed by atoms with Gasteiger partial charge >= 0.3 is 5.97 Å². The predicted octanol–water partition coefficient (Wildman–Crippen LogP) is 2.27. The average Bonchev–Trinajstić information content (AvgIpc) is 3.28. The van der Waals surface area contributed by atoms with Gasteiger partial charge in [0.2, 0.25) is 5.91 Å². The number of anilines is 3. The van der Waals surface area contributed by atoms with Crippen molar-refractivity contribution in [3.05, 3.63) is 70.2 Å². The molecule has 0 radical (unpaired) electrons. The van der Waals surface area contributed by atoms with Crippen molar-refractivity contribution < 1.29 is 23.9 Å². The van der Waals surface area contributed by atoms with Crippen molar-refractivity contribution in [1.82, 2.24) is 9.69 Å². The first-order valence-corrected chi connectivity index (χ1v) is 12.5. The number of esters is 1. The van der Waals surface area contributed by atoms with Gasteiger partial charge in [0.05, 0.1) is 12.3 Å². The van der Waals surface area contributed by atoms with Crippen molar-refractivity contribution in [2.24, 2.45) is 5.73 Å². The number of carbonyl (C=O) groups excluding carboxylic acids is 4. The molecule has 1 aromatic heterocycles. The minimum absolute atomic E-state index is 0.0486. The Morgan fingerprint density at radius 2 is 1.63 bits per heavy atom. The second-order valence-corrected chi connectivity index (χ2v) is 9.33. The van der Waals surface area contributed by atoms with Crippen LogP contribution in [0.25, 0.3) is 0 Å². The van der Waals surface area contributed by atoms with E-state index in [4.69, 9.17) is 16.2 Å². The Hall–Kier alpha value is -4.45. The summed E-state index contributed by atoms with van der Waals surface area (Å²) >= 11 is 0.715. The standard InChI is InChI=1S/C26H30N6O5S/c1-5-37-19(33)14-29-25(35)22(16-8-12-17(13-9-16)31(3)4)32(18-10-6-15(2)7-11-18)26(36)23-20(27)21(24(28)34)30-38-23/h6-13,22H,5,14,27H2,1-4H3,(H2,28,34)(H,29,35). The molecule has 0 fully saturated rings. The van der Waals surface area contributed by atoms with Crippen molar-refractivity contribution in [2.75, 3.05) is 42.8 Å². The van der Waals surface area contributed by atoms with E-state index in [2.05, 4.69) is 9.69 Å². The summed E-state index contributed by atoms with van der Waals surface area (Å²) in [4.78, 5) is 54.5. The minimum atomic E-state index is -1.21. The zero-order valence-corrected chi connectivity index (χ0v) is 22.4. The van der Waals surface area contributed by atoms with E-state index in [0.29, 0.717) is 22.8 Å². The Bertz CT molecular complexity index is 1320. The molecule has 0 bridgehead atoms. The normalized spacial score (nSPS) is 11.4. The molecule has 2 aromatic carbocycles. The first-order chi connectivity index (χ1) is 18.0. The molecular formula is C26H30N6O5S. The van der Waals surface area contributed by atoms with E-state index in [1.54, 1.807) is 43.3 Å². The number of nitrogens with two attached hydrogens (primary N) is 2. The van der Waals surface area contributed by atoms with Gasteiger partial charge in [0.25, 0.3) is 11.8 Å². The number of benzene rings is 2. The molecule has 38 heavy (non-hydrogen) atoms. The molecular weight excluding hydrogens is 508 g/mol. The van der Waals surface area contributed by atoms with Gasteiger partial charge in [-0.05, 0) is 55.2 Å². The van der Waals surface area contributed by atoms with Crippen LogP contribution in [0.2, 0.25) is 0 Å². The lowest BCUT2D eigenvalue weighted by Crippen LogP contribution is -2.45. The summed E-state index contributed by atoms with van der Waals surface area (Å²) in [6, 6.07) is 12.8. The van der Waals surface area contributed by atoms with Crippen LogP contribution in [-0.2, 0) is 14.3 Å². The smallest absolute Gasteiger partial charge is 0.325 e. The van der Waals surface area contributed by atoms with Crippen LogP contribution in [0.5, 0.6) is 0 Å². The number of nitrogen functional groups attached to an aromatic ring is 1. The summed E-state index contributed by atoms with van der Waals surface area (Å²) in [6.45, 7) is 3.32. The maximum atomic E-state index is 14.0. The first kappa shape index (κ1) is 28.1. The van der Waals surface area contributed by atoms with Crippen LogP contribution in [0.3, 0.4) is 0 Å². The zero-order chi connectivity index (χ0) is 28.0. The Labute approximate surface area is 224 Å². The molecule has 0 aliphatic carbocycles. The van der Waals surface area contributed by atoms with Crippen LogP contribution in [0.1, 0.15) is 44.3 Å². The maximum absolute atomic E-state index is 14.0. The van der Waals surface area contributed by atoms with Gasteiger partial charge in [-0.1, -0.05) is 29.8 Å². The third-order valence-corrected chi connectivity index (χ3v) is 6.48. The van der Waals surface area contributed by atoms with Gasteiger partial charge in [-0.15, -0.1) is 0 Å². The molecule has 3 amide bonds. The highest BCUT2D eigenvalue weighted by Crippen LogP contribution is 2.33. The first-order valence-electron chi connectivity index (χ1n) is 11.7. The molecule has 0 aliphatic rings. The molecule has 0 aliphatic heterocycles. The highest BCUT2D eigenvalue weighted by atomic mass is 32.1. The molecule has 11 nitrogen and oxygen atoms in total. The number of rotatable bonds is 10. The number of aryl methyl sites for hydroxylation is 1. The van der Waals surface area contributed by atoms with E-state index in [0.717, 1.165) is 11.3 Å². The maximum Gasteiger partial charge on any atom is 0.325 e. The predicted molar refractivity (Wildman–Crippen MR) is 146 cm³/mol. The molecule has 1 unspecified atom stereocenters. The second kappa shape index (κ2) is 12.2. The van der Waals surface area contributed by atoms with Crippen LogP contribution in [-0.4, -0.2) is 55.3 Å². The number of hydrogen-bond acceptors (Lipinski definition) is 9. The van der Waals surface area contributed by atoms with Crippen LogP contribution in [0, 0.1) is 6.92 Å². The van der Waals surface area contributed by atoms with E-state index in [9.17, 15) is 19.2 Å². The molecule has 0 spiro atoms. The number of nitrogens with zero attached hydrogens (tertiary/aromatic N) is 3. The van der Waals surface area contributed by atoms with Crippen LogP contribution in [0.4, 0.5) is 17.1 Å². The van der Waals surface area contributed by atoms with E-state index in [1.165, 1.54) is 4.90 Å². The highest BCUT2D eigenvalue weighted by Gasteiger charge is 2.36. The fraction of sp³-hybridized carbons (Fsp3) is 0.269.